The molecule has 1 N–H and O–H groups in total. The first-order chi connectivity index (χ1) is 10.7. The largest absolute Gasteiger partial charge is 0.374 e. The second kappa shape index (κ2) is 6.77. The molecule has 1 aromatic rings. The van der Waals surface area contributed by atoms with Crippen molar-refractivity contribution in [1.29, 1.82) is 0 Å². The average molecular weight is 350 g/mol. The van der Waals surface area contributed by atoms with Gasteiger partial charge in [0.25, 0.3) is 0 Å². The lowest BCUT2D eigenvalue weighted by atomic mass is 10.2. The van der Waals surface area contributed by atoms with E-state index in [1.807, 2.05) is 0 Å². The fourth-order valence-electron chi connectivity index (χ4n) is 2.59. The number of carbonyl (C=O) groups is 1. The highest BCUT2D eigenvalue weighted by Crippen LogP contribution is 2.20. The van der Waals surface area contributed by atoms with Crippen LogP contribution in [0.2, 0.25) is 0 Å². The maximum atomic E-state index is 13.5. The summed E-state index contributed by atoms with van der Waals surface area (Å²) in [6.07, 6.45) is 0.363. The molecule has 2 rings (SSSR count). The third-order valence-electron chi connectivity index (χ3n) is 3.78. The van der Waals surface area contributed by atoms with Crippen LogP contribution in [-0.2, 0) is 14.6 Å². The number of amides is 1. The van der Waals surface area contributed by atoms with E-state index in [1.54, 1.807) is 6.92 Å². The fourth-order valence-corrected chi connectivity index (χ4v) is 4.32. The molecule has 1 aliphatic rings. The molecule has 1 fully saturated rings. The van der Waals surface area contributed by atoms with Gasteiger partial charge in [-0.2, -0.15) is 0 Å². The lowest BCUT2D eigenvalue weighted by Gasteiger charge is -2.27. The minimum Gasteiger partial charge on any atom is -0.374 e. The number of rotatable bonds is 5. The maximum absolute atomic E-state index is 13.5. The minimum atomic E-state index is -3.13. The highest BCUT2D eigenvalue weighted by molar-refractivity contribution is 7.91. The van der Waals surface area contributed by atoms with Gasteiger partial charge in [-0.05, 0) is 25.5 Å². The number of anilines is 1. The Morgan fingerprint density at radius 1 is 1.30 bits per heavy atom. The second-order valence-corrected chi connectivity index (χ2v) is 7.54. The van der Waals surface area contributed by atoms with E-state index in [0.29, 0.717) is 13.0 Å². The second-order valence-electron chi connectivity index (χ2n) is 5.31. The van der Waals surface area contributed by atoms with Gasteiger partial charge in [-0.15, -0.1) is 0 Å². The van der Waals surface area contributed by atoms with Crippen LogP contribution in [0, 0.1) is 17.5 Å². The van der Waals surface area contributed by atoms with Crippen LogP contribution < -0.4 is 5.32 Å². The zero-order valence-corrected chi connectivity index (χ0v) is 13.3. The molecule has 9 heteroatoms. The highest BCUT2D eigenvalue weighted by Gasteiger charge is 2.33. The van der Waals surface area contributed by atoms with Gasteiger partial charge in [0, 0.05) is 12.6 Å². The topological polar surface area (TPSA) is 66.5 Å². The molecule has 0 bridgehead atoms. The molecule has 5 nitrogen and oxygen atoms in total. The normalized spacial score (nSPS) is 19.6. The Morgan fingerprint density at radius 3 is 2.57 bits per heavy atom. The number of hydrogen-bond donors (Lipinski definition) is 1. The van der Waals surface area contributed by atoms with E-state index in [9.17, 15) is 26.4 Å². The van der Waals surface area contributed by atoms with Crippen LogP contribution >= 0.6 is 0 Å². The first-order valence-corrected chi connectivity index (χ1v) is 8.94. The molecule has 1 amide bonds. The van der Waals surface area contributed by atoms with Gasteiger partial charge in [-0.1, -0.05) is 0 Å². The SMILES string of the molecule is CCN(C(=O)CNc1ccc(F)c(F)c1F)C1CCS(=O)(=O)C1. The van der Waals surface area contributed by atoms with Crippen LogP contribution in [0.25, 0.3) is 0 Å². The van der Waals surface area contributed by atoms with Crippen molar-refractivity contribution < 1.29 is 26.4 Å². The van der Waals surface area contributed by atoms with Crippen molar-refractivity contribution in [2.45, 2.75) is 19.4 Å². The Bertz CT molecular complexity index is 709. The van der Waals surface area contributed by atoms with E-state index in [-0.39, 0.29) is 23.7 Å². The van der Waals surface area contributed by atoms with E-state index in [4.69, 9.17) is 0 Å². The Morgan fingerprint density at radius 2 is 2.00 bits per heavy atom. The molecule has 1 aliphatic heterocycles. The summed E-state index contributed by atoms with van der Waals surface area (Å²) in [4.78, 5) is 13.6. The molecule has 0 aliphatic carbocycles. The van der Waals surface area contributed by atoms with Crippen molar-refractivity contribution in [2.24, 2.45) is 0 Å². The molecule has 0 radical (unpaired) electrons. The summed E-state index contributed by atoms with van der Waals surface area (Å²) in [6.45, 7) is 1.67. The molecule has 1 unspecified atom stereocenters. The highest BCUT2D eigenvalue weighted by atomic mass is 32.2. The summed E-state index contributed by atoms with van der Waals surface area (Å²) in [7, 11) is -3.13. The van der Waals surface area contributed by atoms with Crippen molar-refractivity contribution in [1.82, 2.24) is 4.90 Å². The molecular weight excluding hydrogens is 333 g/mol. The first kappa shape index (κ1) is 17.6. The van der Waals surface area contributed by atoms with Crippen molar-refractivity contribution in [3.63, 3.8) is 0 Å². The van der Waals surface area contributed by atoms with E-state index in [1.165, 1.54) is 4.90 Å². The number of likely N-dealkylation sites (N-methyl/N-ethyl adjacent to an activating group) is 1. The summed E-state index contributed by atoms with van der Waals surface area (Å²) < 4.78 is 62.5. The van der Waals surface area contributed by atoms with Crippen LogP contribution in [-0.4, -0.2) is 49.9 Å². The summed E-state index contributed by atoms with van der Waals surface area (Å²) in [5.74, 6) is -4.82. The van der Waals surface area contributed by atoms with Crippen LogP contribution in [0.3, 0.4) is 0 Å². The molecular formula is C14H17F3N2O3S. The van der Waals surface area contributed by atoms with E-state index < -0.39 is 39.2 Å². The third kappa shape index (κ3) is 3.95. The van der Waals surface area contributed by atoms with Gasteiger partial charge in [-0.25, -0.2) is 21.6 Å². The molecule has 23 heavy (non-hydrogen) atoms. The van der Waals surface area contributed by atoms with Gasteiger partial charge in [0.15, 0.2) is 27.3 Å². The molecule has 128 valence electrons. The summed E-state index contributed by atoms with van der Waals surface area (Å²) >= 11 is 0. The molecule has 1 atom stereocenters. The standard InChI is InChI=1S/C14H17F3N2O3S/c1-2-19(9-5-6-23(21,22)8-9)12(20)7-18-11-4-3-10(15)13(16)14(11)17/h3-4,9,18H,2,5-8H2,1H3. The Hall–Kier alpha value is -1.77. The number of hydrogen-bond acceptors (Lipinski definition) is 4. The van der Waals surface area contributed by atoms with Gasteiger partial charge in [0.05, 0.1) is 23.7 Å². The van der Waals surface area contributed by atoms with E-state index in [2.05, 4.69) is 5.32 Å². The van der Waals surface area contributed by atoms with Crippen LogP contribution in [0.1, 0.15) is 13.3 Å². The number of sulfone groups is 1. The summed E-state index contributed by atoms with van der Waals surface area (Å²) in [5.41, 5.74) is -0.327. The first-order valence-electron chi connectivity index (χ1n) is 7.12. The molecule has 1 heterocycles. The van der Waals surface area contributed by atoms with Gasteiger partial charge >= 0.3 is 0 Å². The molecule has 0 spiro atoms. The number of nitrogens with one attached hydrogen (secondary N) is 1. The third-order valence-corrected chi connectivity index (χ3v) is 5.53. The van der Waals surface area contributed by atoms with Gasteiger partial charge < -0.3 is 10.2 Å². The average Bonchev–Trinajstić information content (AvgIpc) is 2.85. The summed E-state index contributed by atoms with van der Waals surface area (Å²) in [5, 5.41) is 2.42. The van der Waals surface area contributed by atoms with Crippen molar-refractivity contribution in [3.05, 3.63) is 29.6 Å². The molecule has 0 saturated carbocycles. The monoisotopic (exact) mass is 350 g/mol. The van der Waals surface area contributed by atoms with Crippen molar-refractivity contribution in [2.75, 3.05) is 29.9 Å². The fraction of sp³-hybridized carbons (Fsp3) is 0.500. The lowest BCUT2D eigenvalue weighted by molar-refractivity contribution is -0.130. The van der Waals surface area contributed by atoms with E-state index in [0.717, 1.165) is 12.1 Å². The van der Waals surface area contributed by atoms with E-state index >= 15 is 0 Å². The molecule has 1 saturated heterocycles. The van der Waals surface area contributed by atoms with Crippen LogP contribution in [0.15, 0.2) is 12.1 Å². The predicted molar refractivity (Wildman–Crippen MR) is 79.3 cm³/mol. The van der Waals surface area contributed by atoms with Crippen molar-refractivity contribution >= 4 is 21.4 Å². The van der Waals surface area contributed by atoms with Crippen LogP contribution in [0.4, 0.5) is 18.9 Å². The number of nitrogens with zero attached hydrogens (tertiary/aromatic N) is 1. The van der Waals surface area contributed by atoms with Gasteiger partial charge in [0.2, 0.25) is 5.91 Å². The predicted octanol–water partition coefficient (Wildman–Crippen LogP) is 1.55. The molecule has 1 aromatic carbocycles. The number of benzene rings is 1. The number of halogens is 3. The minimum absolute atomic E-state index is 0.0344. The lowest BCUT2D eigenvalue weighted by Crippen LogP contribution is -2.43. The van der Waals surface area contributed by atoms with Gasteiger partial charge in [0.1, 0.15) is 0 Å². The molecule has 0 aromatic heterocycles. The zero-order chi connectivity index (χ0) is 17.2. The Labute approximate surface area is 132 Å². The zero-order valence-electron chi connectivity index (χ0n) is 12.5. The number of carbonyl (C=O) groups excluding carboxylic acids is 1. The van der Waals surface area contributed by atoms with Crippen LogP contribution in [0.5, 0.6) is 0 Å². The smallest absolute Gasteiger partial charge is 0.242 e. The Balaban J connectivity index is 2.02. The Kier molecular flexibility index (Phi) is 5.18. The van der Waals surface area contributed by atoms with Crippen molar-refractivity contribution in [3.8, 4) is 0 Å². The quantitative estimate of drug-likeness (QED) is 0.819. The summed E-state index contributed by atoms with van der Waals surface area (Å²) in [6, 6.07) is 1.35. The van der Waals surface area contributed by atoms with Gasteiger partial charge in [-0.3, -0.25) is 4.79 Å². The maximum Gasteiger partial charge on any atom is 0.242 e.